The summed E-state index contributed by atoms with van der Waals surface area (Å²) in [7, 11) is 1.48. The van der Waals surface area contributed by atoms with Crippen molar-refractivity contribution >= 4 is 11.7 Å². The van der Waals surface area contributed by atoms with Gasteiger partial charge in [0.15, 0.2) is 0 Å². The summed E-state index contributed by atoms with van der Waals surface area (Å²) in [6.45, 7) is 8.84. The van der Waals surface area contributed by atoms with Crippen LogP contribution in [-0.4, -0.2) is 24.7 Å². The summed E-state index contributed by atoms with van der Waals surface area (Å²) in [6, 6.07) is 8.25. The van der Waals surface area contributed by atoms with Gasteiger partial charge in [0.25, 0.3) is 0 Å². The van der Waals surface area contributed by atoms with Crippen molar-refractivity contribution in [3.8, 4) is 0 Å². The van der Waals surface area contributed by atoms with E-state index in [4.69, 9.17) is 4.74 Å². The number of esters is 1. The number of hydrogen-bond acceptors (Lipinski definition) is 3. The lowest BCUT2D eigenvalue weighted by Crippen LogP contribution is -2.56. The van der Waals surface area contributed by atoms with Crippen LogP contribution in [0.4, 0.5) is 5.69 Å². The highest BCUT2D eigenvalue weighted by Crippen LogP contribution is 2.44. The van der Waals surface area contributed by atoms with Crippen LogP contribution < -0.4 is 4.90 Å². The van der Waals surface area contributed by atoms with E-state index in [0.29, 0.717) is 5.92 Å². The maximum Gasteiger partial charge on any atom is 0.328 e. The van der Waals surface area contributed by atoms with Gasteiger partial charge in [0.1, 0.15) is 6.04 Å². The number of rotatable bonds is 4. The van der Waals surface area contributed by atoms with Gasteiger partial charge in [-0.05, 0) is 44.2 Å². The lowest BCUT2D eigenvalue weighted by Gasteiger charge is -2.50. The van der Waals surface area contributed by atoms with Crippen molar-refractivity contribution < 1.29 is 9.53 Å². The molecule has 3 heteroatoms. The average Bonchev–Trinajstić information content (AvgIpc) is 2.44. The highest BCUT2D eigenvalue weighted by molar-refractivity contribution is 5.81. The third-order valence-electron chi connectivity index (χ3n) is 4.53. The largest absolute Gasteiger partial charge is 0.467 e. The molecule has 116 valence electrons. The van der Waals surface area contributed by atoms with E-state index in [9.17, 15) is 4.79 Å². The molecule has 0 unspecified atom stereocenters. The van der Waals surface area contributed by atoms with Crippen LogP contribution in [0.2, 0.25) is 0 Å². The second-order valence-electron chi connectivity index (χ2n) is 6.67. The molecule has 2 rings (SSSR count). The normalized spacial score (nSPS) is 21.6. The quantitative estimate of drug-likeness (QED) is 0.781. The molecule has 1 aromatic carbocycles. The second-order valence-corrected chi connectivity index (χ2v) is 6.67. The maximum atomic E-state index is 12.3. The van der Waals surface area contributed by atoms with Gasteiger partial charge in [-0.15, -0.1) is 0 Å². The molecule has 3 nitrogen and oxygen atoms in total. The fraction of sp³-hybridized carbons (Fsp3) is 0.611. The lowest BCUT2D eigenvalue weighted by atomic mass is 9.79. The fourth-order valence-electron chi connectivity index (χ4n) is 3.76. The van der Waals surface area contributed by atoms with Crippen molar-refractivity contribution in [3.05, 3.63) is 29.8 Å². The Morgan fingerprint density at radius 2 is 2.10 bits per heavy atom. The van der Waals surface area contributed by atoms with Crippen molar-refractivity contribution in [1.82, 2.24) is 0 Å². The minimum absolute atomic E-state index is 0.0538. The first-order valence-electron chi connectivity index (χ1n) is 7.88. The van der Waals surface area contributed by atoms with Gasteiger partial charge in [0.2, 0.25) is 0 Å². The summed E-state index contributed by atoms with van der Waals surface area (Å²) in [5.41, 5.74) is 2.47. The fourth-order valence-corrected chi connectivity index (χ4v) is 3.76. The molecule has 0 aliphatic carbocycles. The molecule has 0 fully saturated rings. The zero-order valence-corrected chi connectivity index (χ0v) is 13.8. The number of ether oxygens (including phenoxy) is 1. The molecule has 0 aromatic heterocycles. The van der Waals surface area contributed by atoms with E-state index in [1.165, 1.54) is 18.4 Å². The summed E-state index contributed by atoms with van der Waals surface area (Å²) >= 11 is 0. The molecule has 0 bridgehead atoms. The smallest absolute Gasteiger partial charge is 0.328 e. The Morgan fingerprint density at radius 3 is 2.71 bits per heavy atom. The van der Waals surface area contributed by atoms with E-state index in [-0.39, 0.29) is 17.6 Å². The number of carbonyl (C=O) groups excluding carboxylic acids is 1. The molecule has 0 saturated carbocycles. The summed E-state index contributed by atoms with van der Waals surface area (Å²) in [4.78, 5) is 14.6. The molecule has 0 saturated heterocycles. The molecule has 0 spiro atoms. The van der Waals surface area contributed by atoms with Crippen LogP contribution in [-0.2, 0) is 9.53 Å². The van der Waals surface area contributed by atoms with Gasteiger partial charge in [-0.1, -0.05) is 38.5 Å². The van der Waals surface area contributed by atoms with Gasteiger partial charge in [-0.2, -0.15) is 0 Å². The predicted molar refractivity (Wildman–Crippen MR) is 86.7 cm³/mol. The lowest BCUT2D eigenvalue weighted by molar-refractivity contribution is -0.142. The molecule has 0 radical (unpaired) electrons. The molecule has 2 atom stereocenters. The van der Waals surface area contributed by atoms with Gasteiger partial charge in [-0.25, -0.2) is 4.79 Å². The Bertz CT molecular complexity index is 510. The number of carbonyl (C=O) groups is 1. The molecule has 1 aromatic rings. The third kappa shape index (κ3) is 2.92. The predicted octanol–water partition coefficient (Wildman–Crippen LogP) is 4.12. The first-order valence-corrected chi connectivity index (χ1v) is 7.88. The number of nitrogens with zero attached hydrogens (tertiary/aromatic N) is 1. The highest BCUT2D eigenvalue weighted by atomic mass is 16.5. The first kappa shape index (κ1) is 15.9. The van der Waals surface area contributed by atoms with Gasteiger partial charge < -0.3 is 9.64 Å². The Balaban J connectivity index is 2.52. The standard InChI is InChI=1S/C18H27NO2/c1-6-9-16(17(20)21-5)19-15-11-8-7-10-14(15)13(2)12-18(19,3)4/h7-8,10-11,13,16H,6,9,12H2,1-5H3/t13-,16+/m1/s1. The first-order chi connectivity index (χ1) is 9.92. The van der Waals surface area contributed by atoms with E-state index in [1.807, 2.05) is 0 Å². The van der Waals surface area contributed by atoms with Crippen molar-refractivity contribution in [2.45, 2.75) is 64.5 Å². The van der Waals surface area contributed by atoms with Crippen LogP contribution in [0.3, 0.4) is 0 Å². The minimum atomic E-state index is -0.205. The molecule has 1 aliphatic rings. The topological polar surface area (TPSA) is 29.5 Å². The van der Waals surface area contributed by atoms with E-state index in [0.717, 1.165) is 19.3 Å². The van der Waals surface area contributed by atoms with Crippen molar-refractivity contribution in [2.75, 3.05) is 12.0 Å². The summed E-state index contributed by atoms with van der Waals surface area (Å²) < 4.78 is 5.07. The zero-order valence-electron chi connectivity index (χ0n) is 13.8. The monoisotopic (exact) mass is 289 g/mol. The third-order valence-corrected chi connectivity index (χ3v) is 4.53. The minimum Gasteiger partial charge on any atom is -0.467 e. The Labute approximate surface area is 128 Å². The summed E-state index contributed by atoms with van der Waals surface area (Å²) in [5.74, 6) is 0.377. The number of hydrogen-bond donors (Lipinski definition) is 0. The second kappa shape index (κ2) is 6.08. The van der Waals surface area contributed by atoms with E-state index in [2.05, 4.69) is 56.9 Å². The molecule has 0 amide bonds. The SMILES string of the molecule is CCC[C@@H](C(=O)OC)N1c2ccccc2[C@H](C)CC1(C)C. The van der Waals surface area contributed by atoms with Crippen LogP contribution in [0, 0.1) is 0 Å². The van der Waals surface area contributed by atoms with Crippen LogP contribution >= 0.6 is 0 Å². The van der Waals surface area contributed by atoms with Crippen molar-refractivity contribution in [1.29, 1.82) is 0 Å². The highest BCUT2D eigenvalue weighted by Gasteiger charge is 2.42. The van der Waals surface area contributed by atoms with E-state index in [1.54, 1.807) is 0 Å². The molecular weight excluding hydrogens is 262 g/mol. The molecule has 0 N–H and O–H groups in total. The van der Waals surface area contributed by atoms with Gasteiger partial charge >= 0.3 is 5.97 Å². The number of methoxy groups -OCH3 is 1. The van der Waals surface area contributed by atoms with Crippen molar-refractivity contribution in [2.24, 2.45) is 0 Å². The molecule has 21 heavy (non-hydrogen) atoms. The van der Waals surface area contributed by atoms with E-state index < -0.39 is 0 Å². The number of benzene rings is 1. The van der Waals surface area contributed by atoms with Crippen LogP contribution in [0.15, 0.2) is 24.3 Å². The number of para-hydroxylation sites is 1. The van der Waals surface area contributed by atoms with Gasteiger partial charge in [0, 0.05) is 11.2 Å². The molecule has 1 aliphatic heterocycles. The van der Waals surface area contributed by atoms with Gasteiger partial charge in [0.05, 0.1) is 7.11 Å². The number of fused-ring (bicyclic) bond motifs is 1. The molecular formula is C18H27NO2. The van der Waals surface area contributed by atoms with Crippen LogP contribution in [0.1, 0.15) is 58.4 Å². The summed E-state index contributed by atoms with van der Waals surface area (Å²) in [5, 5.41) is 0. The Hall–Kier alpha value is -1.51. The zero-order chi connectivity index (χ0) is 15.6. The van der Waals surface area contributed by atoms with Crippen LogP contribution in [0.25, 0.3) is 0 Å². The van der Waals surface area contributed by atoms with Crippen LogP contribution in [0.5, 0.6) is 0 Å². The Morgan fingerprint density at radius 1 is 1.43 bits per heavy atom. The average molecular weight is 289 g/mol. The maximum absolute atomic E-state index is 12.3. The summed E-state index contributed by atoms with van der Waals surface area (Å²) in [6.07, 6.45) is 2.82. The molecule has 1 heterocycles. The number of anilines is 1. The van der Waals surface area contributed by atoms with Gasteiger partial charge in [-0.3, -0.25) is 0 Å². The van der Waals surface area contributed by atoms with Crippen molar-refractivity contribution in [3.63, 3.8) is 0 Å². The Kier molecular flexibility index (Phi) is 4.60. The van der Waals surface area contributed by atoms with E-state index >= 15 is 0 Å².